The van der Waals surface area contributed by atoms with Crippen LogP contribution < -0.4 is 24.7 Å². The number of ether oxygens (including phenoxy) is 4. The fraction of sp³-hybridized carbons (Fsp3) is 0.462. The Bertz CT molecular complexity index is 1070. The maximum Gasteiger partial charge on any atom is 0.224 e. The van der Waals surface area contributed by atoms with E-state index in [9.17, 15) is 9.59 Å². The molecule has 0 saturated carbocycles. The molecule has 0 radical (unpaired) electrons. The molecule has 2 N–H and O–H groups in total. The summed E-state index contributed by atoms with van der Waals surface area (Å²) in [6.07, 6.45) is 1.25. The van der Waals surface area contributed by atoms with Gasteiger partial charge in [0.1, 0.15) is 0 Å². The summed E-state index contributed by atoms with van der Waals surface area (Å²) in [5.74, 6) is 1.90. The van der Waals surface area contributed by atoms with E-state index >= 15 is 0 Å². The van der Waals surface area contributed by atoms with Gasteiger partial charge in [-0.3, -0.25) is 9.59 Å². The Hall–Kier alpha value is -3.42. The van der Waals surface area contributed by atoms with Crippen LogP contribution in [0.1, 0.15) is 43.0 Å². The first-order valence-electron chi connectivity index (χ1n) is 11.2. The summed E-state index contributed by atoms with van der Waals surface area (Å²) < 4.78 is 21.9. The molecule has 2 amide bonds. The minimum Gasteiger partial charge on any atom is -0.493 e. The van der Waals surface area contributed by atoms with Gasteiger partial charge in [-0.1, -0.05) is 19.9 Å². The van der Waals surface area contributed by atoms with E-state index in [0.29, 0.717) is 42.4 Å². The van der Waals surface area contributed by atoms with Crippen LogP contribution in [0.5, 0.6) is 23.0 Å². The highest BCUT2D eigenvalue weighted by molar-refractivity contribution is 5.87. The first-order chi connectivity index (χ1) is 16.1. The number of methoxy groups -OCH3 is 4. The molecule has 34 heavy (non-hydrogen) atoms. The van der Waals surface area contributed by atoms with Crippen molar-refractivity contribution in [1.82, 2.24) is 4.90 Å². The van der Waals surface area contributed by atoms with E-state index in [4.69, 9.17) is 24.7 Å². The van der Waals surface area contributed by atoms with Gasteiger partial charge in [-0.15, -0.1) is 0 Å². The second-order valence-corrected chi connectivity index (χ2v) is 9.08. The maximum absolute atomic E-state index is 13.4. The number of nitrogens with two attached hydrogens (primary N) is 1. The number of hydrogen-bond donors (Lipinski definition) is 1. The molecule has 0 aromatic heterocycles. The Morgan fingerprint density at radius 3 is 2.12 bits per heavy atom. The van der Waals surface area contributed by atoms with Gasteiger partial charge in [0.25, 0.3) is 0 Å². The molecule has 2 aromatic rings. The Kier molecular flexibility index (Phi) is 7.59. The highest BCUT2D eigenvalue weighted by Crippen LogP contribution is 2.41. The van der Waals surface area contributed by atoms with Gasteiger partial charge < -0.3 is 29.6 Å². The van der Waals surface area contributed by atoms with Gasteiger partial charge >= 0.3 is 0 Å². The molecule has 0 fully saturated rings. The van der Waals surface area contributed by atoms with Gasteiger partial charge in [0.2, 0.25) is 11.8 Å². The van der Waals surface area contributed by atoms with Gasteiger partial charge in [0.05, 0.1) is 39.9 Å². The number of nitrogens with zero attached hydrogens (tertiary/aromatic N) is 1. The number of primary amides is 1. The Labute approximate surface area is 200 Å². The molecule has 3 rings (SSSR count). The van der Waals surface area contributed by atoms with E-state index in [2.05, 4.69) is 0 Å². The summed E-state index contributed by atoms with van der Waals surface area (Å²) in [4.78, 5) is 27.2. The van der Waals surface area contributed by atoms with Crippen molar-refractivity contribution in [2.45, 2.75) is 39.2 Å². The smallest absolute Gasteiger partial charge is 0.224 e. The normalized spacial score (nSPS) is 15.4. The van der Waals surface area contributed by atoms with E-state index in [1.54, 1.807) is 42.3 Å². The molecule has 1 atom stereocenters. The molecule has 0 spiro atoms. The standard InChI is InChI=1S/C26H34N2O6/c1-26(2,25(27)30)15-24(29)28-10-9-17-13-22(33-5)23(34-6)14-18(17)19(28)11-16-7-8-20(31-3)21(12-16)32-4/h7-8,12-14,19H,9-11,15H2,1-6H3,(H2,27,30)/t19-/m0/s1. The Morgan fingerprint density at radius 1 is 0.941 bits per heavy atom. The van der Waals surface area contributed by atoms with E-state index in [1.165, 1.54) is 0 Å². The van der Waals surface area contributed by atoms with Crippen LogP contribution >= 0.6 is 0 Å². The van der Waals surface area contributed by atoms with E-state index in [0.717, 1.165) is 16.7 Å². The fourth-order valence-electron chi connectivity index (χ4n) is 4.34. The predicted octanol–water partition coefficient (Wildman–Crippen LogP) is 3.29. The van der Waals surface area contributed by atoms with Crippen molar-refractivity contribution in [2.24, 2.45) is 11.1 Å². The summed E-state index contributed by atoms with van der Waals surface area (Å²) in [5, 5.41) is 0. The predicted molar refractivity (Wildman–Crippen MR) is 129 cm³/mol. The number of hydrogen-bond acceptors (Lipinski definition) is 6. The molecule has 1 heterocycles. The molecule has 184 valence electrons. The molecule has 8 heteroatoms. The summed E-state index contributed by atoms with van der Waals surface area (Å²) in [6, 6.07) is 9.40. The number of rotatable bonds is 9. The lowest BCUT2D eigenvalue weighted by molar-refractivity contribution is -0.140. The molecular weight excluding hydrogens is 436 g/mol. The lowest BCUT2D eigenvalue weighted by Crippen LogP contribution is -2.44. The summed E-state index contributed by atoms with van der Waals surface area (Å²) >= 11 is 0. The van der Waals surface area contributed by atoms with Crippen LogP contribution in [0, 0.1) is 5.41 Å². The molecule has 0 bridgehead atoms. The largest absolute Gasteiger partial charge is 0.493 e. The zero-order valence-electron chi connectivity index (χ0n) is 20.8. The molecule has 0 unspecified atom stereocenters. The summed E-state index contributed by atoms with van der Waals surface area (Å²) in [6.45, 7) is 3.92. The molecule has 0 aliphatic carbocycles. The minimum atomic E-state index is -0.942. The number of carbonyl (C=O) groups is 2. The van der Waals surface area contributed by atoms with Crippen LogP contribution in [0.3, 0.4) is 0 Å². The second-order valence-electron chi connectivity index (χ2n) is 9.08. The molecule has 1 aliphatic rings. The molecular formula is C26H34N2O6. The average molecular weight is 471 g/mol. The summed E-state index contributed by atoms with van der Waals surface area (Å²) in [5.41, 5.74) is 7.68. The molecule has 1 aliphatic heterocycles. The average Bonchev–Trinajstić information content (AvgIpc) is 2.82. The maximum atomic E-state index is 13.4. The Balaban J connectivity index is 2.05. The van der Waals surface area contributed by atoms with Crippen molar-refractivity contribution in [3.63, 3.8) is 0 Å². The minimum absolute atomic E-state index is 0.0351. The quantitative estimate of drug-likeness (QED) is 0.604. The SMILES string of the molecule is COc1ccc(C[C@H]2c3cc(OC)c(OC)cc3CCN2C(=O)CC(C)(C)C(N)=O)cc1OC. The number of fused-ring (bicyclic) bond motifs is 1. The zero-order valence-corrected chi connectivity index (χ0v) is 20.8. The fourth-order valence-corrected chi connectivity index (χ4v) is 4.34. The van der Waals surface area contributed by atoms with E-state index in [-0.39, 0.29) is 18.4 Å². The van der Waals surface area contributed by atoms with Crippen molar-refractivity contribution >= 4 is 11.8 Å². The number of amides is 2. The van der Waals surface area contributed by atoms with Crippen molar-refractivity contribution in [3.8, 4) is 23.0 Å². The van der Waals surface area contributed by atoms with Crippen molar-refractivity contribution in [3.05, 3.63) is 47.0 Å². The van der Waals surface area contributed by atoms with Crippen molar-refractivity contribution in [1.29, 1.82) is 0 Å². The molecule has 8 nitrogen and oxygen atoms in total. The number of benzene rings is 2. The van der Waals surface area contributed by atoms with Crippen LogP contribution in [0.4, 0.5) is 0 Å². The third-order valence-electron chi connectivity index (χ3n) is 6.46. The zero-order chi connectivity index (χ0) is 25.0. The van der Waals surface area contributed by atoms with Gasteiger partial charge in [-0.05, 0) is 53.8 Å². The monoisotopic (exact) mass is 470 g/mol. The third kappa shape index (κ3) is 5.05. The van der Waals surface area contributed by atoms with Crippen LogP contribution in [0.2, 0.25) is 0 Å². The van der Waals surface area contributed by atoms with Crippen LogP contribution in [0.15, 0.2) is 30.3 Å². The first-order valence-corrected chi connectivity index (χ1v) is 11.2. The van der Waals surface area contributed by atoms with Gasteiger partial charge in [-0.2, -0.15) is 0 Å². The van der Waals surface area contributed by atoms with E-state index in [1.807, 2.05) is 35.2 Å². The van der Waals surface area contributed by atoms with Crippen molar-refractivity contribution < 1.29 is 28.5 Å². The first kappa shape index (κ1) is 25.2. The second kappa shape index (κ2) is 10.2. The van der Waals surface area contributed by atoms with Crippen LogP contribution in [-0.4, -0.2) is 51.7 Å². The molecule has 2 aromatic carbocycles. The highest BCUT2D eigenvalue weighted by Gasteiger charge is 2.36. The topological polar surface area (TPSA) is 100 Å². The third-order valence-corrected chi connectivity index (χ3v) is 6.46. The van der Waals surface area contributed by atoms with Crippen LogP contribution in [0.25, 0.3) is 0 Å². The van der Waals surface area contributed by atoms with Gasteiger partial charge in [-0.25, -0.2) is 0 Å². The van der Waals surface area contributed by atoms with Crippen LogP contribution in [-0.2, 0) is 22.4 Å². The van der Waals surface area contributed by atoms with Gasteiger partial charge in [0.15, 0.2) is 23.0 Å². The van der Waals surface area contributed by atoms with Gasteiger partial charge in [0, 0.05) is 13.0 Å². The lowest BCUT2D eigenvalue weighted by atomic mass is 9.84. The molecule has 0 saturated heterocycles. The summed E-state index contributed by atoms with van der Waals surface area (Å²) in [7, 11) is 6.39. The lowest BCUT2D eigenvalue weighted by Gasteiger charge is -2.39. The van der Waals surface area contributed by atoms with E-state index < -0.39 is 11.3 Å². The number of carbonyl (C=O) groups excluding carboxylic acids is 2. The Morgan fingerprint density at radius 2 is 1.53 bits per heavy atom. The van der Waals surface area contributed by atoms with Crippen molar-refractivity contribution in [2.75, 3.05) is 35.0 Å². The highest BCUT2D eigenvalue weighted by atomic mass is 16.5.